The summed E-state index contributed by atoms with van der Waals surface area (Å²) in [5.41, 5.74) is 2.43. The Kier molecular flexibility index (Phi) is 4.24. The highest BCUT2D eigenvalue weighted by Crippen LogP contribution is 2.24. The van der Waals surface area contributed by atoms with Crippen molar-refractivity contribution in [1.82, 2.24) is 0 Å². The number of anilines is 2. The van der Waals surface area contributed by atoms with Gasteiger partial charge < -0.3 is 9.80 Å². The van der Waals surface area contributed by atoms with Crippen LogP contribution >= 0.6 is 0 Å². The molecule has 0 spiro atoms. The van der Waals surface area contributed by atoms with E-state index in [1.165, 1.54) is 12.1 Å². The van der Waals surface area contributed by atoms with Crippen LogP contribution in [0.4, 0.5) is 11.4 Å². The predicted molar refractivity (Wildman–Crippen MR) is 78.9 cm³/mol. The van der Waals surface area contributed by atoms with Gasteiger partial charge in [0.15, 0.2) is 0 Å². The fraction of sp³-hybridized carbons (Fsp3) is 0.533. The van der Waals surface area contributed by atoms with E-state index in [1.807, 2.05) is 0 Å². The number of amidine groups is 1. The Balaban J connectivity index is 2.13. The quantitative estimate of drug-likeness (QED) is 0.880. The Morgan fingerprint density at radius 2 is 1.78 bits per heavy atom. The molecule has 1 heterocycles. The van der Waals surface area contributed by atoms with Crippen molar-refractivity contribution in [1.29, 1.82) is 5.41 Å². The Bertz CT molecular complexity index is 393. The van der Waals surface area contributed by atoms with Gasteiger partial charge in [0, 0.05) is 37.4 Å². The van der Waals surface area contributed by atoms with Gasteiger partial charge >= 0.3 is 0 Å². The van der Waals surface area contributed by atoms with Gasteiger partial charge in [-0.3, -0.25) is 5.41 Å². The lowest BCUT2D eigenvalue weighted by Gasteiger charge is -2.30. The molecule has 3 nitrogen and oxygen atoms in total. The molecule has 1 fully saturated rings. The van der Waals surface area contributed by atoms with E-state index < -0.39 is 0 Å². The second-order valence-corrected chi connectivity index (χ2v) is 4.74. The van der Waals surface area contributed by atoms with Gasteiger partial charge in [-0.05, 0) is 51.0 Å². The van der Waals surface area contributed by atoms with Crippen molar-refractivity contribution in [2.45, 2.75) is 33.1 Å². The molecule has 18 heavy (non-hydrogen) atoms. The van der Waals surface area contributed by atoms with Gasteiger partial charge in [0.05, 0.1) is 0 Å². The first-order chi connectivity index (χ1) is 8.76. The SMILES string of the molecule is CCN(CC)c1ccc(N2CCCCC2=N)cc1. The number of rotatable bonds is 4. The van der Waals surface area contributed by atoms with Crippen molar-refractivity contribution in [2.75, 3.05) is 29.4 Å². The molecule has 0 unspecified atom stereocenters. The maximum absolute atomic E-state index is 8.01. The first-order valence-electron chi connectivity index (χ1n) is 6.96. The smallest absolute Gasteiger partial charge is 0.100 e. The van der Waals surface area contributed by atoms with Gasteiger partial charge in [0.1, 0.15) is 5.84 Å². The second-order valence-electron chi connectivity index (χ2n) is 4.74. The van der Waals surface area contributed by atoms with E-state index >= 15 is 0 Å². The van der Waals surface area contributed by atoms with Gasteiger partial charge in [0.2, 0.25) is 0 Å². The van der Waals surface area contributed by atoms with Crippen LogP contribution in [-0.4, -0.2) is 25.5 Å². The second kappa shape index (κ2) is 5.89. The van der Waals surface area contributed by atoms with Gasteiger partial charge in [-0.25, -0.2) is 0 Å². The Hall–Kier alpha value is -1.51. The topological polar surface area (TPSA) is 30.3 Å². The zero-order valence-electron chi connectivity index (χ0n) is 11.4. The molecule has 1 aliphatic heterocycles. The zero-order valence-corrected chi connectivity index (χ0v) is 11.4. The van der Waals surface area contributed by atoms with E-state index in [0.717, 1.165) is 44.0 Å². The lowest BCUT2D eigenvalue weighted by molar-refractivity contribution is 0.707. The van der Waals surface area contributed by atoms with E-state index in [9.17, 15) is 0 Å². The molecule has 0 amide bonds. The third kappa shape index (κ3) is 2.66. The number of nitrogens with zero attached hydrogens (tertiary/aromatic N) is 2. The van der Waals surface area contributed by atoms with Crippen LogP contribution in [0.3, 0.4) is 0 Å². The van der Waals surface area contributed by atoms with Crippen molar-refractivity contribution < 1.29 is 0 Å². The van der Waals surface area contributed by atoms with Crippen molar-refractivity contribution in [3.8, 4) is 0 Å². The molecule has 0 aliphatic carbocycles. The molecule has 1 aromatic carbocycles. The van der Waals surface area contributed by atoms with E-state index in [1.54, 1.807) is 0 Å². The number of benzene rings is 1. The fourth-order valence-electron chi connectivity index (χ4n) is 2.55. The van der Waals surface area contributed by atoms with Crippen LogP contribution in [0.15, 0.2) is 24.3 Å². The minimum atomic E-state index is 0.761. The average Bonchev–Trinajstić information content (AvgIpc) is 2.42. The third-order valence-corrected chi connectivity index (χ3v) is 3.66. The lowest BCUT2D eigenvalue weighted by Crippen LogP contribution is -2.34. The molecular formula is C15H23N3. The average molecular weight is 245 g/mol. The molecular weight excluding hydrogens is 222 g/mol. The van der Waals surface area contributed by atoms with E-state index in [2.05, 4.69) is 47.9 Å². The molecule has 0 aromatic heterocycles. The standard InChI is InChI=1S/C15H23N3/c1-3-17(4-2)13-8-10-14(11-9-13)18-12-6-5-7-15(18)16/h8-11,16H,3-7,12H2,1-2H3. The molecule has 1 aromatic rings. The van der Waals surface area contributed by atoms with Gasteiger partial charge in [-0.15, -0.1) is 0 Å². The highest BCUT2D eigenvalue weighted by molar-refractivity contribution is 5.96. The predicted octanol–water partition coefficient (Wildman–Crippen LogP) is 3.50. The minimum Gasteiger partial charge on any atom is -0.372 e. The number of nitrogens with one attached hydrogen (secondary N) is 1. The van der Waals surface area contributed by atoms with Gasteiger partial charge in [0.25, 0.3) is 0 Å². The van der Waals surface area contributed by atoms with Crippen LogP contribution in [0, 0.1) is 5.41 Å². The van der Waals surface area contributed by atoms with Crippen molar-refractivity contribution in [2.24, 2.45) is 0 Å². The van der Waals surface area contributed by atoms with Crippen LogP contribution in [0.25, 0.3) is 0 Å². The van der Waals surface area contributed by atoms with Crippen molar-refractivity contribution in [3.63, 3.8) is 0 Å². The number of hydrogen-bond acceptors (Lipinski definition) is 2. The summed E-state index contributed by atoms with van der Waals surface area (Å²) in [4.78, 5) is 4.47. The highest BCUT2D eigenvalue weighted by atomic mass is 15.2. The van der Waals surface area contributed by atoms with E-state index in [0.29, 0.717) is 0 Å². The summed E-state index contributed by atoms with van der Waals surface area (Å²) in [6.45, 7) is 7.42. The maximum Gasteiger partial charge on any atom is 0.100 e. The van der Waals surface area contributed by atoms with Gasteiger partial charge in [-0.2, -0.15) is 0 Å². The molecule has 3 heteroatoms. The van der Waals surface area contributed by atoms with Gasteiger partial charge in [-0.1, -0.05) is 0 Å². The van der Waals surface area contributed by atoms with Crippen molar-refractivity contribution >= 4 is 17.2 Å². The summed E-state index contributed by atoms with van der Waals surface area (Å²) in [6.07, 6.45) is 3.27. The first kappa shape index (κ1) is 12.9. The van der Waals surface area contributed by atoms with Crippen LogP contribution in [0.1, 0.15) is 33.1 Å². The summed E-state index contributed by atoms with van der Waals surface area (Å²) in [7, 11) is 0. The molecule has 0 saturated carbocycles. The summed E-state index contributed by atoms with van der Waals surface area (Å²) in [5.74, 6) is 0.761. The number of hydrogen-bond donors (Lipinski definition) is 1. The first-order valence-corrected chi connectivity index (χ1v) is 6.96. The normalized spacial score (nSPS) is 15.9. The van der Waals surface area contributed by atoms with Crippen LogP contribution < -0.4 is 9.80 Å². The Morgan fingerprint density at radius 3 is 2.33 bits per heavy atom. The maximum atomic E-state index is 8.01. The zero-order chi connectivity index (χ0) is 13.0. The highest BCUT2D eigenvalue weighted by Gasteiger charge is 2.16. The van der Waals surface area contributed by atoms with E-state index in [-0.39, 0.29) is 0 Å². The molecule has 1 aliphatic rings. The fourth-order valence-corrected chi connectivity index (χ4v) is 2.55. The molecule has 1 saturated heterocycles. The number of piperidine rings is 1. The summed E-state index contributed by atoms with van der Waals surface area (Å²) < 4.78 is 0. The summed E-state index contributed by atoms with van der Waals surface area (Å²) >= 11 is 0. The lowest BCUT2D eigenvalue weighted by atomic mass is 10.1. The minimum absolute atomic E-state index is 0.761. The Morgan fingerprint density at radius 1 is 1.11 bits per heavy atom. The molecule has 1 N–H and O–H groups in total. The third-order valence-electron chi connectivity index (χ3n) is 3.66. The largest absolute Gasteiger partial charge is 0.372 e. The molecule has 98 valence electrons. The van der Waals surface area contributed by atoms with Crippen molar-refractivity contribution in [3.05, 3.63) is 24.3 Å². The van der Waals surface area contributed by atoms with Crippen LogP contribution in [-0.2, 0) is 0 Å². The molecule has 0 radical (unpaired) electrons. The van der Waals surface area contributed by atoms with Crippen LogP contribution in [0.5, 0.6) is 0 Å². The molecule has 2 rings (SSSR count). The monoisotopic (exact) mass is 245 g/mol. The summed E-state index contributed by atoms with van der Waals surface area (Å²) in [5, 5.41) is 8.01. The molecule has 0 atom stereocenters. The Labute approximate surface area is 110 Å². The van der Waals surface area contributed by atoms with Crippen LogP contribution in [0.2, 0.25) is 0 Å². The molecule has 0 bridgehead atoms. The van der Waals surface area contributed by atoms with E-state index in [4.69, 9.17) is 5.41 Å². The summed E-state index contributed by atoms with van der Waals surface area (Å²) in [6, 6.07) is 8.63.